The zero-order valence-electron chi connectivity index (χ0n) is 9.30. The molecule has 3 nitrogen and oxygen atoms in total. The molecule has 0 spiro atoms. The van der Waals surface area contributed by atoms with Crippen LogP contribution < -0.4 is 5.73 Å². The molecule has 1 aromatic carbocycles. The van der Waals surface area contributed by atoms with Crippen LogP contribution in [0.2, 0.25) is 0 Å². The average Bonchev–Trinajstić information content (AvgIpc) is 2.33. The van der Waals surface area contributed by atoms with Gasteiger partial charge >= 0.3 is 0 Å². The molecular formula is C12H12FN3S. The molecule has 1 atom stereocenters. The zero-order chi connectivity index (χ0) is 12.3. The van der Waals surface area contributed by atoms with E-state index in [-0.39, 0.29) is 11.9 Å². The number of halogens is 1. The van der Waals surface area contributed by atoms with Crippen molar-refractivity contribution in [3.8, 4) is 0 Å². The van der Waals surface area contributed by atoms with Crippen molar-refractivity contribution in [3.63, 3.8) is 0 Å². The molecular weight excluding hydrogens is 237 g/mol. The lowest BCUT2D eigenvalue weighted by atomic mass is 10.1. The van der Waals surface area contributed by atoms with Crippen LogP contribution in [0.15, 0.2) is 46.7 Å². The second-order valence-corrected chi connectivity index (χ2v) is 4.63. The van der Waals surface area contributed by atoms with Crippen LogP contribution in [-0.4, -0.2) is 9.97 Å². The summed E-state index contributed by atoms with van der Waals surface area (Å²) < 4.78 is 13.8. The highest BCUT2D eigenvalue weighted by Gasteiger charge is 2.13. The van der Waals surface area contributed by atoms with Crippen LogP contribution >= 0.6 is 11.8 Å². The first-order chi connectivity index (χ1) is 8.18. The van der Waals surface area contributed by atoms with Crippen molar-refractivity contribution in [2.45, 2.75) is 22.9 Å². The number of aromatic nitrogens is 2. The van der Waals surface area contributed by atoms with E-state index in [1.165, 1.54) is 24.2 Å². The number of benzene rings is 1. The quantitative estimate of drug-likeness (QED) is 0.850. The van der Waals surface area contributed by atoms with Gasteiger partial charge in [0, 0.05) is 12.2 Å². The minimum absolute atomic E-state index is 0.213. The lowest BCUT2D eigenvalue weighted by Gasteiger charge is -2.12. The number of nitrogens with two attached hydrogens (primary N) is 1. The van der Waals surface area contributed by atoms with Crippen molar-refractivity contribution in [2.75, 3.05) is 0 Å². The molecule has 2 rings (SSSR count). The Morgan fingerprint density at radius 1 is 1.35 bits per heavy atom. The molecule has 0 aliphatic rings. The molecule has 0 bridgehead atoms. The Morgan fingerprint density at radius 3 is 2.82 bits per heavy atom. The monoisotopic (exact) mass is 249 g/mol. The normalized spacial score (nSPS) is 12.4. The fourth-order valence-electron chi connectivity index (χ4n) is 1.44. The standard InChI is InChI=1S/C12H12FN3S/c1-8(14)9-3-2-4-10(13)12(9)17-11-5-6-15-7-16-11/h2-8H,14H2,1H3. The second-order valence-electron chi connectivity index (χ2n) is 3.60. The van der Waals surface area contributed by atoms with Gasteiger partial charge in [-0.15, -0.1) is 0 Å². The fraction of sp³-hybridized carbons (Fsp3) is 0.167. The van der Waals surface area contributed by atoms with Crippen molar-refractivity contribution in [1.82, 2.24) is 9.97 Å². The summed E-state index contributed by atoms with van der Waals surface area (Å²) in [7, 11) is 0. The third-order valence-corrected chi connectivity index (χ3v) is 3.33. The minimum Gasteiger partial charge on any atom is -0.324 e. The third kappa shape index (κ3) is 2.81. The summed E-state index contributed by atoms with van der Waals surface area (Å²) in [5.41, 5.74) is 6.61. The van der Waals surface area contributed by atoms with Crippen LogP contribution in [0, 0.1) is 5.82 Å². The molecule has 5 heteroatoms. The number of nitrogens with zero attached hydrogens (tertiary/aromatic N) is 2. The van der Waals surface area contributed by atoms with Gasteiger partial charge < -0.3 is 5.73 Å². The van der Waals surface area contributed by atoms with Gasteiger partial charge in [-0.1, -0.05) is 23.9 Å². The lowest BCUT2D eigenvalue weighted by Crippen LogP contribution is -2.07. The highest BCUT2D eigenvalue weighted by Crippen LogP contribution is 2.33. The van der Waals surface area contributed by atoms with E-state index in [0.29, 0.717) is 9.92 Å². The molecule has 1 heterocycles. The maximum Gasteiger partial charge on any atom is 0.137 e. The molecule has 0 fully saturated rings. The van der Waals surface area contributed by atoms with E-state index in [4.69, 9.17) is 5.73 Å². The Bertz CT molecular complexity index is 502. The third-order valence-electron chi connectivity index (χ3n) is 2.25. The van der Waals surface area contributed by atoms with Gasteiger partial charge in [0.15, 0.2) is 0 Å². The van der Waals surface area contributed by atoms with Gasteiger partial charge in [0.05, 0.1) is 4.90 Å². The molecule has 0 aliphatic carbocycles. The molecule has 88 valence electrons. The average molecular weight is 249 g/mol. The topological polar surface area (TPSA) is 51.8 Å². The molecule has 17 heavy (non-hydrogen) atoms. The van der Waals surface area contributed by atoms with Gasteiger partial charge in [-0.3, -0.25) is 0 Å². The molecule has 0 radical (unpaired) electrons. The van der Waals surface area contributed by atoms with E-state index in [1.807, 2.05) is 13.0 Å². The van der Waals surface area contributed by atoms with E-state index in [1.54, 1.807) is 18.3 Å². The van der Waals surface area contributed by atoms with Crippen LogP contribution in [0.5, 0.6) is 0 Å². The van der Waals surface area contributed by atoms with Crippen LogP contribution in [0.1, 0.15) is 18.5 Å². The van der Waals surface area contributed by atoms with Crippen molar-refractivity contribution >= 4 is 11.8 Å². The maximum absolute atomic E-state index is 13.8. The minimum atomic E-state index is -0.275. The summed E-state index contributed by atoms with van der Waals surface area (Å²) >= 11 is 1.26. The lowest BCUT2D eigenvalue weighted by molar-refractivity contribution is 0.591. The molecule has 0 saturated carbocycles. The van der Waals surface area contributed by atoms with Crippen molar-refractivity contribution in [1.29, 1.82) is 0 Å². The van der Waals surface area contributed by atoms with Gasteiger partial charge in [-0.25, -0.2) is 14.4 Å². The van der Waals surface area contributed by atoms with E-state index in [9.17, 15) is 4.39 Å². The predicted molar refractivity (Wildman–Crippen MR) is 65.2 cm³/mol. The van der Waals surface area contributed by atoms with Crippen molar-refractivity contribution in [2.24, 2.45) is 5.73 Å². The largest absolute Gasteiger partial charge is 0.324 e. The molecule has 2 N–H and O–H groups in total. The van der Waals surface area contributed by atoms with Crippen molar-refractivity contribution < 1.29 is 4.39 Å². The van der Waals surface area contributed by atoms with E-state index in [0.717, 1.165) is 5.56 Å². The summed E-state index contributed by atoms with van der Waals surface area (Å²) in [4.78, 5) is 8.41. The smallest absolute Gasteiger partial charge is 0.137 e. The molecule has 2 aromatic rings. The summed E-state index contributed by atoms with van der Waals surface area (Å²) in [6.45, 7) is 1.83. The maximum atomic E-state index is 13.8. The van der Waals surface area contributed by atoms with Crippen LogP contribution in [-0.2, 0) is 0 Å². The van der Waals surface area contributed by atoms with Gasteiger partial charge in [-0.05, 0) is 24.6 Å². The molecule has 0 saturated heterocycles. The van der Waals surface area contributed by atoms with Gasteiger partial charge in [-0.2, -0.15) is 0 Å². The zero-order valence-corrected chi connectivity index (χ0v) is 10.1. The first kappa shape index (κ1) is 12.0. The van der Waals surface area contributed by atoms with E-state index >= 15 is 0 Å². The van der Waals surface area contributed by atoms with Crippen LogP contribution in [0.4, 0.5) is 4.39 Å². The highest BCUT2D eigenvalue weighted by molar-refractivity contribution is 7.99. The SMILES string of the molecule is CC(N)c1cccc(F)c1Sc1ccncn1. The van der Waals surface area contributed by atoms with Gasteiger partial charge in [0.25, 0.3) is 0 Å². The van der Waals surface area contributed by atoms with E-state index < -0.39 is 0 Å². The Balaban J connectivity index is 2.38. The number of hydrogen-bond acceptors (Lipinski definition) is 4. The molecule has 0 aliphatic heterocycles. The van der Waals surface area contributed by atoms with Crippen molar-refractivity contribution in [3.05, 3.63) is 48.2 Å². The Kier molecular flexibility index (Phi) is 3.71. The number of hydrogen-bond donors (Lipinski definition) is 1. The van der Waals surface area contributed by atoms with Gasteiger partial charge in [0.1, 0.15) is 17.2 Å². The molecule has 1 aromatic heterocycles. The van der Waals surface area contributed by atoms with Gasteiger partial charge in [0.2, 0.25) is 0 Å². The second kappa shape index (κ2) is 5.25. The number of rotatable bonds is 3. The first-order valence-electron chi connectivity index (χ1n) is 5.16. The summed E-state index contributed by atoms with van der Waals surface area (Å²) in [6, 6.07) is 6.45. The Hall–Kier alpha value is -1.46. The Morgan fingerprint density at radius 2 is 2.18 bits per heavy atom. The summed E-state index contributed by atoms with van der Waals surface area (Å²) in [6.07, 6.45) is 3.07. The van der Waals surface area contributed by atoms with Crippen LogP contribution in [0.3, 0.4) is 0 Å². The fourth-order valence-corrected chi connectivity index (χ4v) is 2.41. The highest BCUT2D eigenvalue weighted by atomic mass is 32.2. The first-order valence-corrected chi connectivity index (χ1v) is 5.98. The summed E-state index contributed by atoms with van der Waals surface area (Å²) in [5, 5.41) is 0.701. The van der Waals surface area contributed by atoms with Crippen LogP contribution in [0.25, 0.3) is 0 Å². The molecule has 0 amide bonds. The Labute approximate surface area is 103 Å². The summed E-state index contributed by atoms with van der Waals surface area (Å²) in [5.74, 6) is -0.275. The molecule has 1 unspecified atom stereocenters. The van der Waals surface area contributed by atoms with E-state index in [2.05, 4.69) is 9.97 Å². The predicted octanol–water partition coefficient (Wildman–Crippen LogP) is 2.79.